The molecule has 3 heteroatoms. The molecule has 2 heterocycles. The second-order valence-corrected chi connectivity index (χ2v) is 7.07. The summed E-state index contributed by atoms with van der Waals surface area (Å²) in [4.78, 5) is 3.96. The third-order valence-corrected chi connectivity index (χ3v) is 5.91. The van der Waals surface area contributed by atoms with E-state index in [9.17, 15) is 0 Å². The predicted octanol–water partition coefficient (Wildman–Crippen LogP) is 2.95. The van der Waals surface area contributed by atoms with Crippen molar-refractivity contribution in [3.63, 3.8) is 0 Å². The summed E-state index contributed by atoms with van der Waals surface area (Å²) < 4.78 is 0. The van der Waals surface area contributed by atoms with Gasteiger partial charge in [-0.3, -0.25) is 0 Å². The Bertz CT molecular complexity index is 435. The highest BCUT2D eigenvalue weighted by atomic mass is 32.2. The van der Waals surface area contributed by atoms with Crippen LogP contribution in [0.15, 0.2) is 29.2 Å². The van der Waals surface area contributed by atoms with E-state index in [-0.39, 0.29) is 0 Å². The van der Waals surface area contributed by atoms with Crippen molar-refractivity contribution in [1.29, 1.82) is 0 Å². The van der Waals surface area contributed by atoms with Gasteiger partial charge in [0, 0.05) is 35.2 Å². The molecular weight excluding hydrogens is 252 g/mol. The summed E-state index contributed by atoms with van der Waals surface area (Å²) >= 11 is 2.02. The second-order valence-electron chi connectivity index (χ2n) is 6.00. The molecule has 0 bridgehead atoms. The van der Waals surface area contributed by atoms with Gasteiger partial charge in [-0.05, 0) is 45.0 Å². The minimum atomic E-state index is 0.705. The number of likely N-dealkylation sites (tertiary alicyclic amines) is 1. The summed E-state index contributed by atoms with van der Waals surface area (Å²) in [7, 11) is 2.24. The van der Waals surface area contributed by atoms with Gasteiger partial charge in [0.05, 0.1) is 0 Å². The highest BCUT2D eigenvalue weighted by Crippen LogP contribution is 2.38. The lowest BCUT2D eigenvalue weighted by molar-refractivity contribution is 0.168. The van der Waals surface area contributed by atoms with Gasteiger partial charge in [0.2, 0.25) is 0 Å². The number of rotatable bonds is 3. The molecule has 0 spiro atoms. The molecule has 1 N–H and O–H groups in total. The lowest BCUT2D eigenvalue weighted by Gasteiger charge is -2.36. The number of piperidine rings is 1. The van der Waals surface area contributed by atoms with Crippen LogP contribution >= 0.6 is 11.8 Å². The first-order chi connectivity index (χ1) is 9.24. The molecule has 2 aliphatic heterocycles. The molecule has 19 heavy (non-hydrogen) atoms. The molecular formula is C16H24N2S. The van der Waals surface area contributed by atoms with Crippen LogP contribution in [0.1, 0.15) is 31.2 Å². The van der Waals surface area contributed by atoms with Crippen molar-refractivity contribution >= 4 is 11.8 Å². The van der Waals surface area contributed by atoms with E-state index in [0.717, 1.165) is 12.6 Å². The zero-order chi connectivity index (χ0) is 13.2. The second kappa shape index (κ2) is 5.86. The van der Waals surface area contributed by atoms with E-state index in [1.165, 1.54) is 30.0 Å². The zero-order valence-electron chi connectivity index (χ0n) is 11.9. The van der Waals surface area contributed by atoms with Gasteiger partial charge in [-0.1, -0.05) is 18.2 Å². The van der Waals surface area contributed by atoms with Crippen LogP contribution in [0.2, 0.25) is 0 Å². The van der Waals surface area contributed by atoms with Crippen molar-refractivity contribution in [3.05, 3.63) is 29.8 Å². The third-order valence-electron chi connectivity index (χ3n) is 4.66. The molecule has 3 rings (SSSR count). The molecule has 1 saturated heterocycles. The Kier molecular flexibility index (Phi) is 4.15. The molecule has 0 aliphatic carbocycles. The Hall–Kier alpha value is -0.510. The summed E-state index contributed by atoms with van der Waals surface area (Å²) in [5.41, 5.74) is 1.56. The molecule has 2 aliphatic rings. The van der Waals surface area contributed by atoms with Crippen LogP contribution < -0.4 is 5.32 Å². The van der Waals surface area contributed by atoms with Gasteiger partial charge in [0.1, 0.15) is 0 Å². The third kappa shape index (κ3) is 2.99. The molecule has 2 nitrogen and oxygen atoms in total. The average Bonchev–Trinajstić information content (AvgIpc) is 2.83. The monoisotopic (exact) mass is 276 g/mol. The number of thioether (sulfide) groups is 1. The average molecular weight is 276 g/mol. The topological polar surface area (TPSA) is 15.3 Å². The zero-order valence-corrected chi connectivity index (χ0v) is 12.7. The van der Waals surface area contributed by atoms with Gasteiger partial charge in [-0.2, -0.15) is 0 Å². The van der Waals surface area contributed by atoms with Crippen LogP contribution in [0, 0.1) is 0 Å². The van der Waals surface area contributed by atoms with Gasteiger partial charge in [-0.15, -0.1) is 11.8 Å². The summed E-state index contributed by atoms with van der Waals surface area (Å²) in [6.45, 7) is 4.72. The molecule has 1 aromatic carbocycles. The summed E-state index contributed by atoms with van der Waals surface area (Å²) in [5.74, 6) is 1.95. The van der Waals surface area contributed by atoms with E-state index in [4.69, 9.17) is 0 Å². The minimum absolute atomic E-state index is 0.705. The van der Waals surface area contributed by atoms with E-state index in [0.29, 0.717) is 12.0 Å². The number of benzene rings is 1. The Morgan fingerprint density at radius 1 is 1.37 bits per heavy atom. The number of nitrogens with one attached hydrogen (secondary N) is 1. The van der Waals surface area contributed by atoms with Crippen LogP contribution in [-0.2, 0) is 0 Å². The van der Waals surface area contributed by atoms with Gasteiger partial charge >= 0.3 is 0 Å². The highest BCUT2D eigenvalue weighted by molar-refractivity contribution is 7.99. The standard InChI is InChI=1S/C16H24N2S/c1-12-9-14(7-8-18(12)2)17-10-13-11-19-16-6-4-3-5-15(13)16/h3-6,12-14,17H,7-11H2,1-2H3. The number of nitrogens with zero attached hydrogens (tertiary/aromatic N) is 1. The molecule has 3 unspecified atom stereocenters. The van der Waals surface area contributed by atoms with Gasteiger partial charge in [0.25, 0.3) is 0 Å². The fraction of sp³-hybridized carbons (Fsp3) is 0.625. The molecule has 1 fully saturated rings. The SMILES string of the molecule is CC1CC(NCC2CSc3ccccc32)CCN1C. The fourth-order valence-electron chi connectivity index (χ4n) is 3.18. The van der Waals surface area contributed by atoms with Gasteiger partial charge in [0.15, 0.2) is 0 Å². The number of fused-ring (bicyclic) bond motifs is 1. The van der Waals surface area contributed by atoms with Gasteiger partial charge < -0.3 is 10.2 Å². The minimum Gasteiger partial charge on any atom is -0.313 e. The van der Waals surface area contributed by atoms with Crippen molar-refractivity contribution in [2.24, 2.45) is 0 Å². The van der Waals surface area contributed by atoms with Crippen LogP contribution in [0.5, 0.6) is 0 Å². The first-order valence-corrected chi connectivity index (χ1v) is 8.38. The van der Waals surface area contributed by atoms with Crippen molar-refractivity contribution in [2.45, 2.75) is 42.7 Å². The first-order valence-electron chi connectivity index (χ1n) is 7.39. The maximum absolute atomic E-state index is 3.82. The Balaban J connectivity index is 1.54. The molecule has 0 radical (unpaired) electrons. The van der Waals surface area contributed by atoms with Gasteiger partial charge in [-0.25, -0.2) is 0 Å². The predicted molar refractivity (Wildman–Crippen MR) is 83.0 cm³/mol. The maximum Gasteiger partial charge on any atom is 0.0108 e. The first kappa shape index (κ1) is 13.5. The van der Waals surface area contributed by atoms with Crippen LogP contribution in [0.25, 0.3) is 0 Å². The van der Waals surface area contributed by atoms with E-state index in [1.807, 2.05) is 11.8 Å². The lowest BCUT2D eigenvalue weighted by atomic mass is 9.97. The number of hydrogen-bond donors (Lipinski definition) is 1. The smallest absolute Gasteiger partial charge is 0.0108 e. The molecule has 1 aromatic rings. The maximum atomic E-state index is 3.82. The summed E-state index contributed by atoms with van der Waals surface area (Å²) in [6.07, 6.45) is 2.58. The fourth-order valence-corrected chi connectivity index (χ4v) is 4.44. The summed E-state index contributed by atoms with van der Waals surface area (Å²) in [6, 6.07) is 10.3. The largest absolute Gasteiger partial charge is 0.313 e. The van der Waals surface area contributed by atoms with Crippen LogP contribution in [-0.4, -0.2) is 42.9 Å². The molecule has 0 aromatic heterocycles. The highest BCUT2D eigenvalue weighted by Gasteiger charge is 2.26. The lowest BCUT2D eigenvalue weighted by Crippen LogP contribution is -2.46. The van der Waals surface area contributed by atoms with Crippen LogP contribution in [0.4, 0.5) is 0 Å². The Labute approximate surface area is 121 Å². The molecule has 0 amide bonds. The van der Waals surface area contributed by atoms with E-state index in [1.54, 1.807) is 5.56 Å². The normalized spacial score (nSPS) is 31.4. The van der Waals surface area contributed by atoms with E-state index >= 15 is 0 Å². The number of hydrogen-bond acceptors (Lipinski definition) is 3. The Morgan fingerprint density at radius 3 is 3.05 bits per heavy atom. The van der Waals surface area contributed by atoms with Crippen molar-refractivity contribution in [1.82, 2.24) is 10.2 Å². The van der Waals surface area contributed by atoms with E-state index < -0.39 is 0 Å². The van der Waals surface area contributed by atoms with Crippen molar-refractivity contribution in [3.8, 4) is 0 Å². The quantitative estimate of drug-likeness (QED) is 0.914. The van der Waals surface area contributed by atoms with Crippen molar-refractivity contribution < 1.29 is 0 Å². The molecule has 0 saturated carbocycles. The van der Waals surface area contributed by atoms with Crippen LogP contribution in [0.3, 0.4) is 0 Å². The van der Waals surface area contributed by atoms with Crippen molar-refractivity contribution in [2.75, 3.05) is 25.9 Å². The summed E-state index contributed by atoms with van der Waals surface area (Å²) in [5, 5.41) is 3.82. The molecule has 3 atom stereocenters. The Morgan fingerprint density at radius 2 is 2.21 bits per heavy atom. The molecule has 104 valence electrons. The van der Waals surface area contributed by atoms with E-state index in [2.05, 4.69) is 48.5 Å².